The number of hydrogen-bond donors (Lipinski definition) is 1. The number of alkyl carbamates (subject to hydrolysis) is 1. The van der Waals surface area contributed by atoms with Gasteiger partial charge >= 0.3 is 6.09 Å². The summed E-state index contributed by atoms with van der Waals surface area (Å²) in [6.45, 7) is 20.3. The van der Waals surface area contributed by atoms with Gasteiger partial charge in [-0.15, -0.1) is 0 Å². The van der Waals surface area contributed by atoms with E-state index in [1.165, 1.54) is 0 Å². The summed E-state index contributed by atoms with van der Waals surface area (Å²) in [6.07, 6.45) is -0.590. The van der Waals surface area contributed by atoms with Gasteiger partial charge in [0.2, 0.25) is 0 Å². The normalized spacial score (nSPS) is 14.3. The molecule has 7 heteroatoms. The van der Waals surface area contributed by atoms with E-state index < -0.39 is 34.1 Å². The van der Waals surface area contributed by atoms with Crippen molar-refractivity contribution in [1.82, 2.24) is 5.32 Å². The Morgan fingerprint density at radius 3 is 1.93 bits per heavy atom. The first-order valence-corrected chi connectivity index (χ1v) is 16.1. The Labute approximate surface area is 178 Å². The lowest BCUT2D eigenvalue weighted by molar-refractivity contribution is -0.115. The number of amides is 1. The average Bonchev–Trinajstić information content (AvgIpc) is 2.56. The van der Waals surface area contributed by atoms with Gasteiger partial charge < -0.3 is 19.3 Å². The van der Waals surface area contributed by atoms with E-state index in [1.54, 1.807) is 20.8 Å². The Bertz CT molecular complexity index is 704. The van der Waals surface area contributed by atoms with Crippen LogP contribution >= 0.6 is 0 Å². The largest absolute Gasteiger partial charge is 0.444 e. The summed E-state index contributed by atoms with van der Waals surface area (Å²) in [6, 6.07) is 9.07. The molecule has 5 nitrogen and oxygen atoms in total. The topological polar surface area (TPSA) is 64.6 Å². The Balaban J connectivity index is 3.12. The van der Waals surface area contributed by atoms with Gasteiger partial charge in [-0.2, -0.15) is 0 Å². The maximum Gasteiger partial charge on any atom is 0.408 e. The highest BCUT2D eigenvalue weighted by Gasteiger charge is 2.42. The van der Waals surface area contributed by atoms with Crippen molar-refractivity contribution in [2.45, 2.75) is 84.4 Å². The van der Waals surface area contributed by atoms with Crippen molar-refractivity contribution in [3.8, 4) is 0 Å². The van der Waals surface area contributed by atoms with Crippen LogP contribution in [0.15, 0.2) is 30.3 Å². The number of nitrogens with one attached hydrogen (secondary N) is 1. The third kappa shape index (κ3) is 7.39. The molecule has 0 aliphatic rings. The number of rotatable bonds is 7. The summed E-state index contributed by atoms with van der Waals surface area (Å²) in [5.41, 5.74) is -0.635. The third-order valence-corrected chi connectivity index (χ3v) is 13.4. The van der Waals surface area contributed by atoms with Crippen LogP contribution in [0.4, 0.5) is 4.79 Å². The number of carbonyl (C=O) groups is 2. The van der Waals surface area contributed by atoms with E-state index >= 15 is 0 Å². The van der Waals surface area contributed by atoms with Crippen LogP contribution in [0.1, 0.15) is 41.5 Å². The highest BCUT2D eigenvalue weighted by Crippen LogP contribution is 2.36. The summed E-state index contributed by atoms with van der Waals surface area (Å²) < 4.78 is 11.7. The van der Waals surface area contributed by atoms with Crippen molar-refractivity contribution in [3.63, 3.8) is 0 Å². The van der Waals surface area contributed by atoms with Crippen molar-refractivity contribution < 1.29 is 18.8 Å². The second-order valence-electron chi connectivity index (χ2n) is 10.6. The van der Waals surface area contributed by atoms with Gasteiger partial charge in [-0.05, 0) is 38.9 Å². The number of carbonyl (C=O) groups excluding carboxylic acids is 2. The van der Waals surface area contributed by atoms with Gasteiger partial charge in [0.15, 0.2) is 16.4 Å². The molecule has 0 bridgehead atoms. The number of hydrogen-bond acceptors (Lipinski definition) is 4. The SMILES string of the molecule is CC(C)(C)OC(=O)N[C@H](CO[Si](C)(C)C(C)(C)C)C(=O)[Si](C)(C)c1ccccc1. The quantitative estimate of drug-likeness (QED) is 0.632. The van der Waals surface area contributed by atoms with Gasteiger partial charge in [0.1, 0.15) is 17.0 Å². The molecule has 0 fully saturated rings. The van der Waals surface area contributed by atoms with E-state index in [1.807, 2.05) is 43.4 Å². The summed E-state index contributed by atoms with van der Waals surface area (Å²) in [4.78, 5) is 26.0. The maximum atomic E-state index is 13.6. The molecule has 1 N–H and O–H groups in total. The van der Waals surface area contributed by atoms with Crippen LogP contribution in [0, 0.1) is 0 Å². The molecule has 1 aromatic carbocycles. The Kier molecular flexibility index (Phi) is 8.07. The molecule has 0 saturated carbocycles. The minimum absolute atomic E-state index is 0.0128. The van der Waals surface area contributed by atoms with Gasteiger partial charge in [-0.1, -0.05) is 69.4 Å². The molecule has 164 valence electrons. The second kappa shape index (κ2) is 9.14. The lowest BCUT2D eigenvalue weighted by Crippen LogP contribution is -2.61. The summed E-state index contributed by atoms with van der Waals surface area (Å²) in [5, 5.41) is 3.88. The molecule has 1 rings (SSSR count). The predicted molar refractivity (Wildman–Crippen MR) is 125 cm³/mol. The molecule has 0 radical (unpaired) electrons. The van der Waals surface area contributed by atoms with Gasteiger partial charge in [0.25, 0.3) is 0 Å². The fourth-order valence-electron chi connectivity index (χ4n) is 2.57. The fourth-order valence-corrected chi connectivity index (χ4v) is 5.93. The smallest absolute Gasteiger partial charge is 0.408 e. The number of benzene rings is 1. The first kappa shape index (κ1) is 25.6. The van der Waals surface area contributed by atoms with Gasteiger partial charge in [-0.25, -0.2) is 4.79 Å². The second-order valence-corrected chi connectivity index (χ2v) is 19.8. The predicted octanol–water partition coefficient (Wildman–Crippen LogP) is 4.63. The van der Waals surface area contributed by atoms with E-state index in [0.29, 0.717) is 0 Å². The molecule has 0 spiro atoms. The van der Waals surface area contributed by atoms with E-state index in [9.17, 15) is 9.59 Å². The Hall–Kier alpha value is -1.45. The van der Waals surface area contributed by atoms with E-state index in [-0.39, 0.29) is 17.1 Å². The minimum Gasteiger partial charge on any atom is -0.444 e. The molecule has 0 unspecified atom stereocenters. The third-order valence-electron chi connectivity index (χ3n) is 5.54. The molecule has 0 aliphatic heterocycles. The fraction of sp³-hybridized carbons (Fsp3) is 0.636. The summed E-state index contributed by atoms with van der Waals surface area (Å²) in [5.74, 6) is 0. The van der Waals surface area contributed by atoms with Crippen molar-refractivity contribution in [3.05, 3.63) is 30.3 Å². The van der Waals surface area contributed by atoms with Gasteiger partial charge in [0.05, 0.1) is 6.61 Å². The standard InChI is InChI=1S/C22H39NO4Si2/c1-21(2,3)27-20(25)23-18(16-26-29(9,10)22(4,5)6)19(24)28(7,8)17-14-12-11-13-15-17/h11-15,18H,16H2,1-10H3,(H,23,25)/t18-/m1/s1. The van der Waals surface area contributed by atoms with Gasteiger partial charge in [0, 0.05) is 0 Å². The first-order valence-electron chi connectivity index (χ1n) is 10.2. The minimum atomic E-state index is -2.49. The zero-order valence-corrected chi connectivity index (χ0v) is 21.8. The molecule has 29 heavy (non-hydrogen) atoms. The molecule has 1 atom stereocenters. The van der Waals surface area contributed by atoms with Crippen molar-refractivity contribution in [1.29, 1.82) is 0 Å². The molecule has 0 saturated heterocycles. The maximum absolute atomic E-state index is 13.6. The summed E-state index contributed by atoms with van der Waals surface area (Å²) in [7, 11) is -4.57. The molecule has 0 heterocycles. The van der Waals surface area contributed by atoms with Crippen LogP contribution in [0.25, 0.3) is 0 Å². The van der Waals surface area contributed by atoms with Crippen molar-refractivity contribution >= 4 is 33.1 Å². The average molecular weight is 438 g/mol. The lowest BCUT2D eigenvalue weighted by atomic mass is 10.2. The van der Waals surface area contributed by atoms with Crippen LogP contribution in [-0.4, -0.2) is 46.1 Å². The van der Waals surface area contributed by atoms with E-state index in [0.717, 1.165) is 5.19 Å². The molecular formula is C22H39NO4Si2. The van der Waals surface area contributed by atoms with Crippen LogP contribution in [0.3, 0.4) is 0 Å². The van der Waals surface area contributed by atoms with Crippen LogP contribution in [0.5, 0.6) is 0 Å². The van der Waals surface area contributed by atoms with Crippen LogP contribution in [-0.2, 0) is 14.0 Å². The lowest BCUT2D eigenvalue weighted by Gasteiger charge is -2.38. The molecule has 0 aromatic heterocycles. The Morgan fingerprint density at radius 2 is 1.48 bits per heavy atom. The van der Waals surface area contributed by atoms with Crippen LogP contribution in [0.2, 0.25) is 31.2 Å². The van der Waals surface area contributed by atoms with Gasteiger partial charge in [-0.3, -0.25) is 0 Å². The first-order chi connectivity index (χ1) is 13.0. The zero-order valence-electron chi connectivity index (χ0n) is 19.8. The zero-order chi connectivity index (χ0) is 22.7. The molecule has 1 amide bonds. The molecule has 1 aromatic rings. The van der Waals surface area contributed by atoms with E-state index in [2.05, 4.69) is 39.2 Å². The molecular weight excluding hydrogens is 398 g/mol. The van der Waals surface area contributed by atoms with E-state index in [4.69, 9.17) is 9.16 Å². The highest BCUT2D eigenvalue weighted by atomic mass is 28.4. The highest BCUT2D eigenvalue weighted by molar-refractivity contribution is 7.13. The van der Waals surface area contributed by atoms with Crippen LogP contribution < -0.4 is 10.5 Å². The van der Waals surface area contributed by atoms with Crippen molar-refractivity contribution in [2.75, 3.05) is 6.61 Å². The molecule has 0 aliphatic carbocycles. The monoisotopic (exact) mass is 437 g/mol. The number of ether oxygens (including phenoxy) is 1. The van der Waals surface area contributed by atoms with Crippen molar-refractivity contribution in [2.24, 2.45) is 0 Å². The Morgan fingerprint density at radius 1 is 0.966 bits per heavy atom. The summed E-state index contributed by atoms with van der Waals surface area (Å²) >= 11 is 0.